The largest absolute Gasteiger partial charge is 0.448 e. The highest BCUT2D eigenvalue weighted by atomic mass is 33.2. The number of hydrogen-bond acceptors (Lipinski definition) is 2. The van der Waals surface area contributed by atoms with E-state index < -0.39 is 4.67 Å². The zero-order valence-electron chi connectivity index (χ0n) is 7.39. The summed E-state index contributed by atoms with van der Waals surface area (Å²) in [5, 5.41) is 0. The highest BCUT2D eigenvalue weighted by Gasteiger charge is 2.08. The molecular formula is C8H11OPS3. The molecule has 0 aliphatic carbocycles. The maximum atomic E-state index is 5.44. The van der Waals surface area contributed by atoms with Gasteiger partial charge in [0.25, 0.3) is 0 Å². The maximum Gasteiger partial charge on any atom is 0.216 e. The van der Waals surface area contributed by atoms with Crippen molar-refractivity contribution in [3.8, 4) is 5.75 Å². The minimum Gasteiger partial charge on any atom is -0.448 e. The van der Waals surface area contributed by atoms with E-state index in [-0.39, 0.29) is 0 Å². The Morgan fingerprint density at radius 1 is 1.31 bits per heavy atom. The van der Waals surface area contributed by atoms with Gasteiger partial charge in [0.2, 0.25) is 4.67 Å². The first-order valence-electron chi connectivity index (χ1n) is 3.71. The van der Waals surface area contributed by atoms with Crippen LogP contribution in [0.2, 0.25) is 0 Å². The van der Waals surface area contributed by atoms with E-state index in [9.17, 15) is 0 Å². The smallest absolute Gasteiger partial charge is 0.216 e. The van der Waals surface area contributed by atoms with E-state index in [1.807, 2.05) is 32.0 Å². The molecule has 0 bridgehead atoms. The number of aryl methyl sites for hydroxylation is 2. The third-order valence-corrected chi connectivity index (χ3v) is 2.70. The topological polar surface area (TPSA) is 9.23 Å². The molecule has 5 heteroatoms. The van der Waals surface area contributed by atoms with Gasteiger partial charge in [-0.3, -0.25) is 0 Å². The third-order valence-electron chi connectivity index (χ3n) is 1.55. The molecule has 0 fully saturated rings. The second kappa shape index (κ2) is 4.26. The molecule has 0 N–H and O–H groups in total. The van der Waals surface area contributed by atoms with E-state index in [0.717, 1.165) is 11.3 Å². The Hall–Kier alpha value is 0.370. The van der Waals surface area contributed by atoms with Gasteiger partial charge in [-0.15, -0.1) is 0 Å². The lowest BCUT2D eigenvalue weighted by molar-refractivity contribution is 0.631. The fraction of sp³-hybridized carbons (Fsp3) is 0.250. The van der Waals surface area contributed by atoms with Crippen molar-refractivity contribution in [2.24, 2.45) is 0 Å². The molecule has 0 spiro atoms. The van der Waals surface area contributed by atoms with E-state index in [1.165, 1.54) is 5.56 Å². The van der Waals surface area contributed by atoms with Crippen LogP contribution >= 0.6 is 29.2 Å². The fourth-order valence-electron chi connectivity index (χ4n) is 1.03. The average molecular weight is 250 g/mol. The van der Waals surface area contributed by atoms with Gasteiger partial charge in [-0.05, 0) is 37.3 Å². The van der Waals surface area contributed by atoms with Crippen molar-refractivity contribution in [1.29, 1.82) is 0 Å². The summed E-state index contributed by atoms with van der Waals surface area (Å²) >= 11 is 13.2. The Morgan fingerprint density at radius 2 is 1.92 bits per heavy atom. The first-order chi connectivity index (χ1) is 5.88. The SMILES string of the molecule is Cc1ccc(OP(=S)(S)S)c(C)c1. The van der Waals surface area contributed by atoms with Gasteiger partial charge in [-0.25, -0.2) is 0 Å². The van der Waals surface area contributed by atoms with Crippen LogP contribution in [0.1, 0.15) is 11.1 Å². The lowest BCUT2D eigenvalue weighted by Gasteiger charge is -2.13. The first-order valence-corrected chi connectivity index (χ1v) is 8.73. The van der Waals surface area contributed by atoms with Crippen LogP contribution in [0, 0.1) is 13.8 Å². The molecule has 13 heavy (non-hydrogen) atoms. The Labute approximate surface area is 94.3 Å². The molecule has 0 amide bonds. The van der Waals surface area contributed by atoms with E-state index in [2.05, 4.69) is 24.5 Å². The van der Waals surface area contributed by atoms with Crippen LogP contribution in [0.4, 0.5) is 0 Å². The summed E-state index contributed by atoms with van der Waals surface area (Å²) in [6.45, 7) is 4.02. The number of benzene rings is 1. The predicted molar refractivity (Wildman–Crippen MR) is 68.8 cm³/mol. The lowest BCUT2D eigenvalue weighted by Crippen LogP contribution is -1.86. The molecule has 0 aromatic heterocycles. The summed E-state index contributed by atoms with van der Waals surface area (Å²) in [6, 6.07) is 5.93. The molecule has 0 aliphatic heterocycles. The molecule has 0 saturated carbocycles. The average Bonchev–Trinajstić information content (AvgIpc) is 1.93. The van der Waals surface area contributed by atoms with Gasteiger partial charge in [0.05, 0.1) is 0 Å². The molecule has 1 aromatic rings. The maximum absolute atomic E-state index is 5.44. The molecule has 0 unspecified atom stereocenters. The van der Waals surface area contributed by atoms with Crippen molar-refractivity contribution in [1.82, 2.24) is 0 Å². The molecule has 72 valence electrons. The summed E-state index contributed by atoms with van der Waals surface area (Å²) in [5.41, 5.74) is 2.27. The highest BCUT2D eigenvalue weighted by molar-refractivity contribution is 8.90. The Bertz CT molecular complexity index is 358. The lowest BCUT2D eigenvalue weighted by atomic mass is 10.1. The van der Waals surface area contributed by atoms with Gasteiger partial charge in [0, 0.05) is 0 Å². The van der Waals surface area contributed by atoms with Crippen molar-refractivity contribution >= 4 is 41.0 Å². The van der Waals surface area contributed by atoms with Gasteiger partial charge in [-0.2, -0.15) is 0 Å². The zero-order chi connectivity index (χ0) is 10.1. The highest BCUT2D eigenvalue weighted by Crippen LogP contribution is 2.56. The molecule has 1 rings (SSSR count). The second-order valence-electron chi connectivity index (χ2n) is 2.85. The second-order valence-corrected chi connectivity index (χ2v) is 11.5. The third kappa shape index (κ3) is 3.94. The van der Waals surface area contributed by atoms with Gasteiger partial charge in [0.1, 0.15) is 5.75 Å². The van der Waals surface area contributed by atoms with Crippen LogP contribution in [-0.2, 0) is 11.8 Å². The minimum atomic E-state index is -2.21. The van der Waals surface area contributed by atoms with E-state index in [4.69, 9.17) is 16.3 Å². The molecule has 1 aromatic carbocycles. The minimum absolute atomic E-state index is 0.777. The molecule has 0 aliphatic rings. The molecular weight excluding hydrogens is 239 g/mol. The van der Waals surface area contributed by atoms with Crippen LogP contribution in [0.3, 0.4) is 0 Å². The van der Waals surface area contributed by atoms with Crippen molar-refractivity contribution in [2.45, 2.75) is 13.8 Å². The van der Waals surface area contributed by atoms with E-state index in [1.54, 1.807) is 0 Å². The Balaban J connectivity index is 2.97. The predicted octanol–water partition coefficient (Wildman–Crippen LogP) is 3.77. The van der Waals surface area contributed by atoms with Crippen molar-refractivity contribution in [2.75, 3.05) is 0 Å². The normalized spacial score (nSPS) is 11.4. The summed E-state index contributed by atoms with van der Waals surface area (Å²) in [6.07, 6.45) is 0. The van der Waals surface area contributed by atoms with Gasteiger partial charge in [0.15, 0.2) is 0 Å². The number of thiol groups is 2. The quantitative estimate of drug-likeness (QED) is 0.611. The van der Waals surface area contributed by atoms with Crippen molar-refractivity contribution < 1.29 is 4.52 Å². The van der Waals surface area contributed by atoms with Crippen LogP contribution in [0.25, 0.3) is 0 Å². The molecule has 0 atom stereocenters. The van der Waals surface area contributed by atoms with Crippen LogP contribution < -0.4 is 4.52 Å². The van der Waals surface area contributed by atoms with Crippen molar-refractivity contribution in [3.05, 3.63) is 29.3 Å². The molecule has 1 nitrogen and oxygen atoms in total. The molecule has 0 saturated heterocycles. The summed E-state index contributed by atoms with van der Waals surface area (Å²) in [7, 11) is 0. The van der Waals surface area contributed by atoms with E-state index >= 15 is 0 Å². The molecule has 0 radical (unpaired) electrons. The van der Waals surface area contributed by atoms with Crippen LogP contribution in [0.5, 0.6) is 5.75 Å². The summed E-state index contributed by atoms with van der Waals surface area (Å²) in [4.78, 5) is 0. The van der Waals surface area contributed by atoms with E-state index in [0.29, 0.717) is 0 Å². The fourth-order valence-corrected chi connectivity index (χ4v) is 2.26. The summed E-state index contributed by atoms with van der Waals surface area (Å²) in [5.74, 6) is 0.777. The zero-order valence-corrected chi connectivity index (χ0v) is 10.9. The van der Waals surface area contributed by atoms with Gasteiger partial charge >= 0.3 is 0 Å². The first kappa shape index (κ1) is 11.4. The van der Waals surface area contributed by atoms with Crippen LogP contribution in [-0.4, -0.2) is 0 Å². The Kier molecular flexibility index (Phi) is 3.75. The monoisotopic (exact) mass is 250 g/mol. The standard InChI is InChI=1S/C8H11OPS3/c1-6-3-4-8(7(2)5-6)9-10(11,12)13/h3-5H,1-2H3,(H2,11,12,13). The molecule has 0 heterocycles. The number of hydrogen-bond donors (Lipinski definition) is 2. The van der Waals surface area contributed by atoms with Crippen molar-refractivity contribution in [3.63, 3.8) is 0 Å². The van der Waals surface area contributed by atoms with Gasteiger partial charge in [-0.1, -0.05) is 42.2 Å². The number of rotatable bonds is 2. The Morgan fingerprint density at radius 3 is 2.38 bits per heavy atom. The van der Waals surface area contributed by atoms with Gasteiger partial charge < -0.3 is 4.52 Å². The summed E-state index contributed by atoms with van der Waals surface area (Å²) < 4.78 is 3.23. The van der Waals surface area contributed by atoms with Crippen LogP contribution in [0.15, 0.2) is 18.2 Å².